The van der Waals surface area contributed by atoms with Crippen LogP contribution in [0, 0.1) is 0 Å². The van der Waals surface area contributed by atoms with E-state index in [1.165, 1.54) is 24.3 Å². The van der Waals surface area contributed by atoms with Gasteiger partial charge >= 0.3 is 12.4 Å². The van der Waals surface area contributed by atoms with Gasteiger partial charge in [-0.1, -0.05) is 37.1 Å². The Balaban J connectivity index is 0.00000341. The zero-order valence-corrected chi connectivity index (χ0v) is 17.5. The third-order valence-electron chi connectivity index (χ3n) is 5.47. The molecule has 1 aliphatic rings. The zero-order chi connectivity index (χ0) is 21.8. The summed E-state index contributed by atoms with van der Waals surface area (Å²) in [5, 5.41) is 6.84. The molecule has 0 bridgehead atoms. The van der Waals surface area contributed by atoms with Crippen LogP contribution in [-0.4, -0.2) is 12.1 Å². The summed E-state index contributed by atoms with van der Waals surface area (Å²) in [6, 6.07) is 10.5. The van der Waals surface area contributed by atoms with Crippen molar-refractivity contribution in [2.24, 2.45) is 0 Å². The minimum absolute atomic E-state index is 0. The molecule has 0 aliphatic heterocycles. The van der Waals surface area contributed by atoms with Crippen molar-refractivity contribution in [3.8, 4) is 0 Å². The van der Waals surface area contributed by atoms with E-state index in [0.717, 1.165) is 61.1 Å². The fraction of sp³-hybridized carbons (Fsp3) is 0.455. The van der Waals surface area contributed by atoms with Crippen molar-refractivity contribution >= 4 is 12.4 Å². The average molecular weight is 467 g/mol. The molecule has 2 N–H and O–H groups in total. The second-order valence-electron chi connectivity index (χ2n) is 7.65. The molecule has 3 rings (SSSR count). The molecule has 2 atom stereocenters. The van der Waals surface area contributed by atoms with Crippen molar-refractivity contribution in [2.75, 3.05) is 0 Å². The molecule has 2 nitrogen and oxygen atoms in total. The predicted octanol–water partition coefficient (Wildman–Crippen LogP) is 6.34. The van der Waals surface area contributed by atoms with Crippen molar-refractivity contribution in [1.82, 2.24) is 10.6 Å². The Kier molecular flexibility index (Phi) is 8.80. The van der Waals surface area contributed by atoms with Crippen LogP contribution in [0.1, 0.15) is 47.9 Å². The van der Waals surface area contributed by atoms with Crippen LogP contribution < -0.4 is 10.6 Å². The number of hydrogen-bond acceptors (Lipinski definition) is 2. The number of alkyl halides is 6. The summed E-state index contributed by atoms with van der Waals surface area (Å²) in [5.41, 5.74) is 0.213. The number of nitrogens with one attached hydrogen (secondary N) is 2. The molecule has 31 heavy (non-hydrogen) atoms. The number of rotatable bonds is 6. The van der Waals surface area contributed by atoms with Crippen molar-refractivity contribution in [1.29, 1.82) is 0 Å². The van der Waals surface area contributed by atoms with Crippen molar-refractivity contribution < 1.29 is 26.3 Å². The van der Waals surface area contributed by atoms with Crippen LogP contribution in [0.5, 0.6) is 0 Å². The molecule has 2 aromatic rings. The maximum absolute atomic E-state index is 12.7. The molecule has 172 valence electrons. The normalized spacial score (nSPS) is 19.7. The summed E-state index contributed by atoms with van der Waals surface area (Å²) < 4.78 is 76.0. The van der Waals surface area contributed by atoms with E-state index in [1.807, 2.05) is 0 Å². The Labute approximate surface area is 183 Å². The van der Waals surface area contributed by atoms with Gasteiger partial charge in [-0.15, -0.1) is 12.4 Å². The van der Waals surface area contributed by atoms with Gasteiger partial charge < -0.3 is 10.6 Å². The highest BCUT2D eigenvalue weighted by Crippen LogP contribution is 2.30. The van der Waals surface area contributed by atoms with Gasteiger partial charge in [0.25, 0.3) is 0 Å². The third-order valence-corrected chi connectivity index (χ3v) is 5.47. The molecule has 0 heterocycles. The number of hydrogen-bond donors (Lipinski definition) is 2. The fourth-order valence-electron chi connectivity index (χ4n) is 3.74. The molecular weight excluding hydrogens is 442 g/mol. The molecule has 0 amide bonds. The Morgan fingerprint density at radius 2 is 0.935 bits per heavy atom. The Hall–Kier alpha value is -1.77. The highest BCUT2D eigenvalue weighted by molar-refractivity contribution is 5.85. The van der Waals surface area contributed by atoms with Crippen LogP contribution in [0.4, 0.5) is 26.3 Å². The van der Waals surface area contributed by atoms with Crippen LogP contribution in [0.3, 0.4) is 0 Å². The zero-order valence-electron chi connectivity index (χ0n) is 16.7. The van der Waals surface area contributed by atoms with Gasteiger partial charge in [0.15, 0.2) is 0 Å². The number of benzene rings is 2. The number of halogens is 7. The summed E-state index contributed by atoms with van der Waals surface area (Å²) in [4.78, 5) is 0. The Bertz CT molecular complexity index is 733. The second-order valence-corrected chi connectivity index (χ2v) is 7.65. The Morgan fingerprint density at radius 3 is 1.23 bits per heavy atom. The topological polar surface area (TPSA) is 24.1 Å². The summed E-state index contributed by atoms with van der Waals surface area (Å²) in [6.07, 6.45) is -4.70. The highest BCUT2D eigenvalue weighted by Gasteiger charge is 2.31. The lowest BCUT2D eigenvalue weighted by Crippen LogP contribution is -2.49. The van der Waals surface area contributed by atoms with Gasteiger partial charge in [0, 0.05) is 25.2 Å². The van der Waals surface area contributed by atoms with E-state index in [-0.39, 0.29) is 24.5 Å². The van der Waals surface area contributed by atoms with Crippen LogP contribution in [0.25, 0.3) is 0 Å². The maximum atomic E-state index is 12.7. The largest absolute Gasteiger partial charge is 0.416 e. The summed E-state index contributed by atoms with van der Waals surface area (Å²) in [7, 11) is 0. The first kappa shape index (κ1) is 25.5. The lowest BCUT2D eigenvalue weighted by Gasteiger charge is -2.33. The van der Waals surface area contributed by atoms with Gasteiger partial charge in [-0.05, 0) is 48.2 Å². The summed E-state index contributed by atoms with van der Waals surface area (Å²) in [5.74, 6) is 0. The van der Waals surface area contributed by atoms with E-state index >= 15 is 0 Å². The molecular formula is C22H25ClF6N2. The molecule has 1 fully saturated rings. The van der Waals surface area contributed by atoms with Crippen LogP contribution >= 0.6 is 12.4 Å². The van der Waals surface area contributed by atoms with Crippen LogP contribution in [0.2, 0.25) is 0 Å². The molecule has 2 unspecified atom stereocenters. The van der Waals surface area contributed by atoms with E-state index in [1.54, 1.807) is 0 Å². The Morgan fingerprint density at radius 1 is 0.613 bits per heavy atom. The van der Waals surface area contributed by atoms with Gasteiger partial charge in [0.05, 0.1) is 11.1 Å². The first-order valence-corrected chi connectivity index (χ1v) is 9.92. The smallest absolute Gasteiger partial charge is 0.308 e. The molecule has 2 aromatic carbocycles. The molecule has 1 aliphatic carbocycles. The van der Waals surface area contributed by atoms with Gasteiger partial charge in [-0.2, -0.15) is 26.3 Å². The van der Waals surface area contributed by atoms with Crippen LogP contribution in [0.15, 0.2) is 48.5 Å². The van der Waals surface area contributed by atoms with Gasteiger partial charge in [0.2, 0.25) is 0 Å². The minimum atomic E-state index is -4.34. The van der Waals surface area contributed by atoms with Crippen molar-refractivity contribution in [2.45, 2.75) is 63.2 Å². The lowest BCUT2D eigenvalue weighted by atomic mass is 9.90. The van der Waals surface area contributed by atoms with E-state index in [4.69, 9.17) is 0 Å². The standard InChI is InChI=1S/C22H24F6N2.ClH/c23-21(24,25)17-9-5-15(6-10-17)13-29-19-3-1-2-4-20(19)30-14-16-7-11-18(12-8-16)22(26,27)28;/h5-12,19-20,29-30H,1-4,13-14H2;1H. The van der Waals surface area contributed by atoms with Gasteiger partial charge in [-0.3, -0.25) is 0 Å². The molecule has 0 spiro atoms. The van der Waals surface area contributed by atoms with E-state index < -0.39 is 23.5 Å². The minimum Gasteiger partial charge on any atom is -0.308 e. The summed E-state index contributed by atoms with van der Waals surface area (Å²) in [6.45, 7) is 0.919. The first-order valence-electron chi connectivity index (χ1n) is 9.92. The molecule has 0 saturated heterocycles. The SMILES string of the molecule is Cl.FC(F)(F)c1ccc(CNC2CCCCC2NCc2ccc(C(F)(F)F)cc2)cc1. The third kappa shape index (κ3) is 7.40. The highest BCUT2D eigenvalue weighted by atomic mass is 35.5. The first-order chi connectivity index (χ1) is 14.1. The van der Waals surface area contributed by atoms with E-state index in [9.17, 15) is 26.3 Å². The maximum Gasteiger partial charge on any atom is 0.416 e. The molecule has 9 heteroatoms. The second kappa shape index (κ2) is 10.7. The van der Waals surface area contributed by atoms with E-state index in [0.29, 0.717) is 13.1 Å². The molecule has 0 radical (unpaired) electrons. The quantitative estimate of drug-likeness (QED) is 0.486. The summed E-state index contributed by atoms with van der Waals surface area (Å²) >= 11 is 0. The molecule has 0 aromatic heterocycles. The molecule has 1 saturated carbocycles. The lowest BCUT2D eigenvalue weighted by molar-refractivity contribution is -0.138. The van der Waals surface area contributed by atoms with Crippen molar-refractivity contribution in [3.63, 3.8) is 0 Å². The average Bonchev–Trinajstić information content (AvgIpc) is 2.70. The van der Waals surface area contributed by atoms with E-state index in [2.05, 4.69) is 10.6 Å². The predicted molar refractivity (Wildman–Crippen MR) is 110 cm³/mol. The fourth-order valence-corrected chi connectivity index (χ4v) is 3.74. The van der Waals surface area contributed by atoms with Gasteiger partial charge in [0.1, 0.15) is 0 Å². The van der Waals surface area contributed by atoms with Gasteiger partial charge in [-0.25, -0.2) is 0 Å². The monoisotopic (exact) mass is 466 g/mol. The van der Waals surface area contributed by atoms with Crippen LogP contribution in [-0.2, 0) is 25.4 Å². The van der Waals surface area contributed by atoms with Crippen molar-refractivity contribution in [3.05, 3.63) is 70.8 Å².